The van der Waals surface area contributed by atoms with Crippen molar-refractivity contribution in [2.75, 3.05) is 7.11 Å². The summed E-state index contributed by atoms with van der Waals surface area (Å²) in [5, 5.41) is 0. The van der Waals surface area contributed by atoms with Gasteiger partial charge in [-0.25, -0.2) is 0 Å². The first-order valence-corrected chi connectivity index (χ1v) is 13.5. The first-order chi connectivity index (χ1) is 16.1. The number of ether oxygens (including phenoxy) is 1. The molecule has 0 spiro atoms. The smallest absolute Gasteiger partial charge is 0.140 e. The van der Waals surface area contributed by atoms with Crippen molar-refractivity contribution in [3.8, 4) is 0 Å². The molecule has 34 heavy (non-hydrogen) atoms. The molecule has 1 fully saturated rings. The molecule has 0 radical (unpaired) electrons. The van der Waals surface area contributed by atoms with Crippen LogP contribution in [0.1, 0.15) is 106 Å². The zero-order valence-corrected chi connectivity index (χ0v) is 22.9. The lowest BCUT2D eigenvalue weighted by Crippen LogP contribution is -2.25. The fraction of sp³-hybridized carbons (Fsp3) is 0.767. The molecule has 0 bridgehead atoms. The molecule has 5 atom stereocenters. The lowest BCUT2D eigenvalue weighted by molar-refractivity contribution is -0.131. The Bertz CT molecular complexity index is 689. The van der Waals surface area contributed by atoms with Crippen molar-refractivity contribution in [3.63, 3.8) is 0 Å². The van der Waals surface area contributed by atoms with Crippen LogP contribution in [0.4, 0.5) is 0 Å². The third-order valence-corrected chi connectivity index (χ3v) is 7.88. The number of Topliss-reactive ketones (excluding diaryl/α,β-unsaturated/α-hetero) is 3. The number of methoxy groups -OCH3 is 1. The molecule has 1 saturated carbocycles. The molecule has 0 N–H and O–H groups in total. The van der Waals surface area contributed by atoms with E-state index in [1.165, 1.54) is 24.8 Å². The second-order valence-electron chi connectivity index (χ2n) is 10.7. The minimum atomic E-state index is -0.0370. The Morgan fingerprint density at radius 2 is 1.68 bits per heavy atom. The minimum Gasteiger partial charge on any atom is -0.377 e. The SMILES string of the molecule is CCCCCC=C[C@H](OC)[C@@H](C)[C@H](C)C=C(C)[C@H](C)[C@H](C)C(=O)CCCC1CC(=O)CC(=O)C1. The van der Waals surface area contributed by atoms with Gasteiger partial charge in [0.2, 0.25) is 0 Å². The topological polar surface area (TPSA) is 60.4 Å². The van der Waals surface area contributed by atoms with Gasteiger partial charge in [0.15, 0.2) is 0 Å². The predicted molar refractivity (Wildman–Crippen MR) is 141 cm³/mol. The summed E-state index contributed by atoms with van der Waals surface area (Å²) in [7, 11) is 1.78. The molecule has 0 saturated heterocycles. The average Bonchev–Trinajstić information content (AvgIpc) is 2.79. The van der Waals surface area contributed by atoms with Crippen LogP contribution in [0.15, 0.2) is 23.8 Å². The average molecular weight is 475 g/mol. The second-order valence-corrected chi connectivity index (χ2v) is 10.7. The molecule has 4 nitrogen and oxygen atoms in total. The molecule has 1 rings (SSSR count). The van der Waals surface area contributed by atoms with Crippen molar-refractivity contribution in [2.45, 2.75) is 112 Å². The van der Waals surface area contributed by atoms with Crippen LogP contribution in [-0.4, -0.2) is 30.6 Å². The summed E-state index contributed by atoms with van der Waals surface area (Å²) in [5.74, 6) is 1.36. The van der Waals surface area contributed by atoms with Crippen LogP contribution in [0.2, 0.25) is 0 Å². The zero-order valence-electron chi connectivity index (χ0n) is 22.9. The molecule has 1 aliphatic rings. The van der Waals surface area contributed by atoms with E-state index in [2.05, 4.69) is 52.8 Å². The Labute approximate surface area is 209 Å². The summed E-state index contributed by atoms with van der Waals surface area (Å²) in [4.78, 5) is 36.1. The number of hydrogen-bond donors (Lipinski definition) is 0. The highest BCUT2D eigenvalue weighted by atomic mass is 16.5. The van der Waals surface area contributed by atoms with E-state index in [4.69, 9.17) is 4.74 Å². The van der Waals surface area contributed by atoms with Gasteiger partial charge < -0.3 is 4.74 Å². The second kappa shape index (κ2) is 16.2. The van der Waals surface area contributed by atoms with E-state index >= 15 is 0 Å². The number of unbranched alkanes of at least 4 members (excludes halogenated alkanes) is 3. The number of carbonyl (C=O) groups excluding carboxylic acids is 3. The van der Waals surface area contributed by atoms with Gasteiger partial charge in [-0.2, -0.15) is 0 Å². The molecule has 0 aliphatic heterocycles. The van der Waals surface area contributed by atoms with Crippen molar-refractivity contribution in [1.29, 1.82) is 0 Å². The Morgan fingerprint density at radius 1 is 1.03 bits per heavy atom. The Morgan fingerprint density at radius 3 is 2.26 bits per heavy atom. The molecule has 0 aromatic rings. The maximum absolute atomic E-state index is 12.8. The number of hydrogen-bond acceptors (Lipinski definition) is 4. The fourth-order valence-electron chi connectivity index (χ4n) is 4.98. The summed E-state index contributed by atoms with van der Waals surface area (Å²) in [6.45, 7) is 13.0. The highest BCUT2D eigenvalue weighted by Crippen LogP contribution is 2.29. The third kappa shape index (κ3) is 10.8. The van der Waals surface area contributed by atoms with E-state index < -0.39 is 0 Å². The van der Waals surface area contributed by atoms with E-state index in [0.29, 0.717) is 31.1 Å². The van der Waals surface area contributed by atoms with Crippen molar-refractivity contribution in [3.05, 3.63) is 23.8 Å². The lowest BCUT2D eigenvalue weighted by Gasteiger charge is -2.26. The van der Waals surface area contributed by atoms with Gasteiger partial charge in [-0.15, -0.1) is 0 Å². The van der Waals surface area contributed by atoms with Crippen LogP contribution in [0.25, 0.3) is 0 Å². The van der Waals surface area contributed by atoms with Crippen LogP contribution in [0, 0.1) is 29.6 Å². The number of carbonyl (C=O) groups is 3. The van der Waals surface area contributed by atoms with E-state index in [0.717, 1.165) is 19.3 Å². The zero-order chi connectivity index (χ0) is 25.7. The number of rotatable bonds is 16. The van der Waals surface area contributed by atoms with Gasteiger partial charge >= 0.3 is 0 Å². The van der Waals surface area contributed by atoms with Gasteiger partial charge in [0.05, 0.1) is 12.5 Å². The summed E-state index contributed by atoms with van der Waals surface area (Å²) >= 11 is 0. The summed E-state index contributed by atoms with van der Waals surface area (Å²) < 4.78 is 5.76. The van der Waals surface area contributed by atoms with Crippen LogP contribution in [0.5, 0.6) is 0 Å². The van der Waals surface area contributed by atoms with E-state index in [1.54, 1.807) is 7.11 Å². The first kappa shape index (κ1) is 30.5. The normalized spacial score (nSPS) is 20.4. The standard InChI is InChI=1S/C30H50O4/c1-8-9-10-11-12-16-30(34-7)24(5)22(3)17-21(2)23(4)25(6)29(33)15-13-14-26-18-27(31)20-28(32)19-26/h12,16-17,22-26,30H,8-11,13-15,18-20H2,1-7H3/t22-,23+,24+,25+,30+/m1/s1. The van der Waals surface area contributed by atoms with Gasteiger partial charge in [0, 0.05) is 32.3 Å². The Balaban J connectivity index is 2.56. The van der Waals surface area contributed by atoms with Crippen molar-refractivity contribution in [2.24, 2.45) is 29.6 Å². The van der Waals surface area contributed by atoms with Crippen molar-refractivity contribution < 1.29 is 19.1 Å². The van der Waals surface area contributed by atoms with Crippen molar-refractivity contribution >= 4 is 17.3 Å². The van der Waals surface area contributed by atoms with Crippen LogP contribution in [-0.2, 0) is 19.1 Å². The van der Waals surface area contributed by atoms with E-state index in [9.17, 15) is 14.4 Å². The molecule has 1 aliphatic carbocycles. The highest BCUT2D eigenvalue weighted by Gasteiger charge is 2.27. The lowest BCUT2D eigenvalue weighted by atomic mass is 9.80. The molecule has 0 aromatic heterocycles. The molecule has 4 heteroatoms. The Kier molecular flexibility index (Phi) is 14.5. The molecule has 0 unspecified atom stereocenters. The van der Waals surface area contributed by atoms with Gasteiger partial charge in [-0.1, -0.05) is 71.3 Å². The predicted octanol–water partition coefficient (Wildman–Crippen LogP) is 7.31. The maximum atomic E-state index is 12.8. The highest BCUT2D eigenvalue weighted by molar-refractivity contribution is 6.01. The number of ketones is 3. The summed E-state index contributed by atoms with van der Waals surface area (Å²) in [6.07, 6.45) is 14.9. The van der Waals surface area contributed by atoms with Gasteiger partial charge in [-0.05, 0) is 56.3 Å². The summed E-state index contributed by atoms with van der Waals surface area (Å²) in [5.41, 5.74) is 1.26. The van der Waals surface area contributed by atoms with E-state index in [1.807, 2.05) is 6.92 Å². The fourth-order valence-corrected chi connectivity index (χ4v) is 4.98. The van der Waals surface area contributed by atoms with Crippen LogP contribution in [0.3, 0.4) is 0 Å². The molecule has 194 valence electrons. The first-order valence-electron chi connectivity index (χ1n) is 13.5. The van der Waals surface area contributed by atoms with Gasteiger partial charge in [0.1, 0.15) is 17.3 Å². The maximum Gasteiger partial charge on any atom is 0.140 e. The van der Waals surface area contributed by atoms with E-state index in [-0.39, 0.29) is 47.6 Å². The molecule has 0 aromatic carbocycles. The molecular formula is C30H50O4. The van der Waals surface area contributed by atoms with Gasteiger partial charge in [-0.3, -0.25) is 14.4 Å². The quantitative estimate of drug-likeness (QED) is 0.134. The molecule has 0 heterocycles. The summed E-state index contributed by atoms with van der Waals surface area (Å²) in [6, 6.07) is 0. The molecule has 0 amide bonds. The number of allylic oxidation sites excluding steroid dienone is 3. The van der Waals surface area contributed by atoms with Crippen LogP contribution >= 0.6 is 0 Å². The molecular weight excluding hydrogens is 424 g/mol. The van der Waals surface area contributed by atoms with Crippen LogP contribution < -0.4 is 0 Å². The monoisotopic (exact) mass is 474 g/mol. The van der Waals surface area contributed by atoms with Gasteiger partial charge in [0.25, 0.3) is 0 Å². The Hall–Kier alpha value is -1.55. The third-order valence-electron chi connectivity index (χ3n) is 7.88. The minimum absolute atomic E-state index is 0.0370. The largest absolute Gasteiger partial charge is 0.377 e. The van der Waals surface area contributed by atoms with Crippen molar-refractivity contribution in [1.82, 2.24) is 0 Å².